The standard InChI is InChI=1S/C50H30O/c1-4-14-37-32(11-1)25-27-44-45-29-34(26-28-47(45)51-50(37)44)31-21-23-33(24-22-31)48-40-17-7-9-19-42(40)49(43-20-10-8-18-41(43)48)46-30-35-12-2-3-13-36(35)38-15-5-6-16-39(38)46/h1-30H/i7D,8D,9D,10D,17D,18D,19D,20D. The first-order chi connectivity index (χ1) is 28.6. The number of furan rings is 1. The van der Waals surface area contributed by atoms with E-state index in [1.54, 1.807) is 0 Å². The van der Waals surface area contributed by atoms with Crippen LogP contribution in [0.4, 0.5) is 0 Å². The van der Waals surface area contributed by atoms with Crippen molar-refractivity contribution in [2.45, 2.75) is 0 Å². The largest absolute Gasteiger partial charge is 0.455 e. The lowest BCUT2D eigenvalue weighted by molar-refractivity contribution is 0.672. The van der Waals surface area contributed by atoms with Crippen LogP contribution >= 0.6 is 0 Å². The highest BCUT2D eigenvalue weighted by molar-refractivity contribution is 6.26. The lowest BCUT2D eigenvalue weighted by atomic mass is 9.83. The van der Waals surface area contributed by atoms with Crippen molar-refractivity contribution < 1.29 is 15.4 Å². The fourth-order valence-electron chi connectivity index (χ4n) is 7.96. The summed E-state index contributed by atoms with van der Waals surface area (Å²) in [6.07, 6.45) is 0. The molecule has 10 aromatic carbocycles. The molecule has 0 saturated carbocycles. The van der Waals surface area contributed by atoms with Gasteiger partial charge in [-0.2, -0.15) is 0 Å². The number of hydrogen-bond donors (Lipinski definition) is 0. The first-order valence-electron chi connectivity index (χ1n) is 20.9. The Bertz CT molecular complexity index is 3560. The van der Waals surface area contributed by atoms with E-state index in [4.69, 9.17) is 9.90 Å². The van der Waals surface area contributed by atoms with E-state index in [1.807, 2.05) is 103 Å². The molecule has 1 nitrogen and oxygen atoms in total. The van der Waals surface area contributed by atoms with Crippen molar-refractivity contribution in [1.82, 2.24) is 0 Å². The molecule has 1 heterocycles. The second kappa shape index (κ2) is 10.9. The van der Waals surface area contributed by atoms with Gasteiger partial charge < -0.3 is 4.42 Å². The zero-order chi connectivity index (χ0) is 40.4. The molecule has 51 heavy (non-hydrogen) atoms. The molecular weight excluding hydrogens is 617 g/mol. The maximum atomic E-state index is 9.45. The van der Waals surface area contributed by atoms with E-state index in [2.05, 4.69) is 30.3 Å². The van der Waals surface area contributed by atoms with Crippen LogP contribution in [0.1, 0.15) is 11.0 Å². The fraction of sp³-hybridized carbons (Fsp3) is 0. The van der Waals surface area contributed by atoms with Crippen LogP contribution in [0.15, 0.2) is 186 Å². The molecule has 11 rings (SSSR count). The molecule has 11 aromatic rings. The molecule has 0 atom stereocenters. The smallest absolute Gasteiger partial charge is 0.143 e. The molecule has 0 N–H and O–H groups in total. The van der Waals surface area contributed by atoms with Gasteiger partial charge in [0.25, 0.3) is 0 Å². The minimum absolute atomic E-state index is 0.187. The first kappa shape index (κ1) is 21.4. The van der Waals surface area contributed by atoms with Gasteiger partial charge in [0.15, 0.2) is 0 Å². The van der Waals surface area contributed by atoms with Crippen molar-refractivity contribution in [2.75, 3.05) is 0 Å². The van der Waals surface area contributed by atoms with Crippen LogP contribution in [0.2, 0.25) is 0 Å². The lowest BCUT2D eigenvalue weighted by Crippen LogP contribution is -1.92. The van der Waals surface area contributed by atoms with Crippen molar-refractivity contribution >= 4 is 75.8 Å². The van der Waals surface area contributed by atoms with Crippen LogP contribution in [0.5, 0.6) is 0 Å². The molecule has 0 saturated heterocycles. The third-order valence-corrected chi connectivity index (χ3v) is 10.3. The van der Waals surface area contributed by atoms with Crippen molar-refractivity contribution in [1.29, 1.82) is 0 Å². The molecule has 0 amide bonds. The van der Waals surface area contributed by atoms with Crippen molar-refractivity contribution in [3.63, 3.8) is 0 Å². The van der Waals surface area contributed by atoms with E-state index in [1.165, 1.54) is 0 Å². The van der Waals surface area contributed by atoms with E-state index in [9.17, 15) is 5.48 Å². The van der Waals surface area contributed by atoms with Gasteiger partial charge in [-0.3, -0.25) is 0 Å². The summed E-state index contributed by atoms with van der Waals surface area (Å²) in [5, 5.41) is 8.49. The topological polar surface area (TPSA) is 13.1 Å². The lowest BCUT2D eigenvalue weighted by Gasteiger charge is -2.19. The number of rotatable bonds is 3. The molecule has 0 aliphatic rings. The third kappa shape index (κ3) is 4.22. The van der Waals surface area contributed by atoms with E-state index in [0.29, 0.717) is 22.3 Å². The van der Waals surface area contributed by atoms with Crippen LogP contribution in [-0.4, -0.2) is 0 Å². The van der Waals surface area contributed by atoms with Gasteiger partial charge in [-0.1, -0.05) is 158 Å². The molecule has 0 spiro atoms. The Hall–Kier alpha value is -6.70. The molecule has 0 radical (unpaired) electrons. The minimum atomic E-state index is -0.428. The van der Waals surface area contributed by atoms with Crippen LogP contribution in [-0.2, 0) is 0 Å². The minimum Gasteiger partial charge on any atom is -0.455 e. The summed E-state index contributed by atoms with van der Waals surface area (Å²) in [7, 11) is 0. The summed E-state index contributed by atoms with van der Waals surface area (Å²) >= 11 is 0. The van der Waals surface area contributed by atoms with Crippen molar-refractivity contribution in [3.05, 3.63) is 182 Å². The summed E-state index contributed by atoms with van der Waals surface area (Å²) in [6, 6.07) is 40.8. The van der Waals surface area contributed by atoms with E-state index in [-0.39, 0.29) is 45.7 Å². The second-order valence-electron chi connectivity index (χ2n) is 13.0. The highest BCUT2D eigenvalue weighted by atomic mass is 16.3. The van der Waals surface area contributed by atoms with Gasteiger partial charge in [0.05, 0.1) is 11.0 Å². The fourth-order valence-corrected chi connectivity index (χ4v) is 7.96. The Balaban J connectivity index is 1.22. The maximum absolute atomic E-state index is 9.45. The summed E-state index contributed by atoms with van der Waals surface area (Å²) in [5.41, 5.74) is 5.26. The van der Waals surface area contributed by atoms with Crippen LogP contribution in [0.3, 0.4) is 0 Å². The van der Waals surface area contributed by atoms with Gasteiger partial charge in [-0.15, -0.1) is 0 Å². The average molecular weight is 655 g/mol. The average Bonchev–Trinajstić information content (AvgIpc) is 3.66. The Morgan fingerprint density at radius 3 is 1.65 bits per heavy atom. The monoisotopic (exact) mass is 654 g/mol. The zero-order valence-electron chi connectivity index (χ0n) is 35.1. The van der Waals surface area contributed by atoms with E-state index in [0.717, 1.165) is 65.4 Å². The van der Waals surface area contributed by atoms with Crippen LogP contribution in [0, 0.1) is 0 Å². The number of hydrogen-bond acceptors (Lipinski definition) is 1. The summed E-state index contributed by atoms with van der Waals surface area (Å²) < 4.78 is 79.6. The molecular formula is C50H30O. The predicted octanol–water partition coefficient (Wildman–Crippen LogP) is 14.4. The highest BCUT2D eigenvalue weighted by Crippen LogP contribution is 2.47. The molecule has 0 fully saturated rings. The van der Waals surface area contributed by atoms with Gasteiger partial charge in [-0.25, -0.2) is 0 Å². The number of fused-ring (bicyclic) bond motifs is 10. The highest BCUT2D eigenvalue weighted by Gasteiger charge is 2.19. The van der Waals surface area contributed by atoms with Gasteiger partial charge in [0.1, 0.15) is 11.2 Å². The Morgan fingerprint density at radius 2 is 0.922 bits per heavy atom. The van der Waals surface area contributed by atoms with E-state index >= 15 is 0 Å². The second-order valence-corrected chi connectivity index (χ2v) is 13.0. The van der Waals surface area contributed by atoms with Gasteiger partial charge in [0.2, 0.25) is 0 Å². The van der Waals surface area contributed by atoms with Gasteiger partial charge in [0, 0.05) is 16.2 Å². The van der Waals surface area contributed by atoms with E-state index < -0.39 is 24.2 Å². The van der Waals surface area contributed by atoms with Crippen LogP contribution in [0.25, 0.3) is 109 Å². The predicted molar refractivity (Wildman–Crippen MR) is 218 cm³/mol. The zero-order valence-corrected chi connectivity index (χ0v) is 27.1. The Labute approximate surface area is 305 Å². The molecule has 0 bridgehead atoms. The summed E-state index contributed by atoms with van der Waals surface area (Å²) in [6.45, 7) is 0. The Morgan fingerprint density at radius 1 is 0.353 bits per heavy atom. The first-order valence-corrected chi connectivity index (χ1v) is 16.9. The number of benzene rings is 10. The van der Waals surface area contributed by atoms with Gasteiger partial charge in [-0.05, 0) is 106 Å². The molecule has 0 unspecified atom stereocenters. The molecule has 1 heteroatoms. The quantitative estimate of drug-likeness (QED) is 0.136. The third-order valence-electron chi connectivity index (χ3n) is 10.3. The molecule has 236 valence electrons. The van der Waals surface area contributed by atoms with Crippen molar-refractivity contribution in [3.8, 4) is 33.4 Å². The van der Waals surface area contributed by atoms with Crippen LogP contribution < -0.4 is 0 Å². The molecule has 1 aromatic heterocycles. The molecule has 0 aliphatic carbocycles. The Kier molecular flexibility index (Phi) is 4.57. The van der Waals surface area contributed by atoms with Gasteiger partial charge >= 0.3 is 0 Å². The summed E-state index contributed by atoms with van der Waals surface area (Å²) in [4.78, 5) is 0. The molecule has 0 aliphatic heterocycles. The van der Waals surface area contributed by atoms with Crippen molar-refractivity contribution in [2.24, 2.45) is 0 Å². The SMILES string of the molecule is [2H]c1c([2H])c([2H])c2c(-c3cc4ccccc4c4ccccc34)c3c([2H])c([2H])c([2H])c([2H])c3c(-c3ccc(-c4ccc5oc6c7ccccc7ccc6c5c4)cc3)c2c1[2H]. The summed E-state index contributed by atoms with van der Waals surface area (Å²) in [5.74, 6) is 0. The maximum Gasteiger partial charge on any atom is 0.143 e. The normalized spacial score (nSPS) is 14.1.